The highest BCUT2D eigenvalue weighted by atomic mass is 35.5. The molecule has 42 heavy (non-hydrogen) atoms. The molecule has 0 bridgehead atoms. The third-order valence-corrected chi connectivity index (χ3v) is 7.82. The summed E-state index contributed by atoms with van der Waals surface area (Å²) in [7, 11) is -6.00. The van der Waals surface area contributed by atoms with E-state index in [0.717, 1.165) is 71.6 Å². The van der Waals surface area contributed by atoms with Gasteiger partial charge in [-0.1, -0.05) is 59.1 Å². The molecule has 228 valence electrons. The Bertz CT molecular complexity index is 1300. The summed E-state index contributed by atoms with van der Waals surface area (Å²) >= 11 is 19.3. The normalized spacial score (nSPS) is 15.1. The van der Waals surface area contributed by atoms with E-state index in [2.05, 4.69) is 85.7 Å². The maximum absolute atomic E-state index is 9.75. The molecule has 3 rings (SSSR count). The summed E-state index contributed by atoms with van der Waals surface area (Å²) in [6.07, 6.45) is 11.9. The van der Waals surface area contributed by atoms with Crippen molar-refractivity contribution in [2.75, 3.05) is 26.2 Å². The number of benzene rings is 2. The molecule has 0 heterocycles. The molecule has 0 spiro atoms. The van der Waals surface area contributed by atoms with Gasteiger partial charge >= 0.3 is 7.25 Å². The predicted octanol–water partition coefficient (Wildman–Crippen LogP) is 10.7. The molecule has 10 heteroatoms. The molecule has 0 atom stereocenters. The first-order chi connectivity index (χ1) is 19.9. The van der Waals surface area contributed by atoms with Crippen molar-refractivity contribution in [2.24, 2.45) is 0 Å². The molecule has 0 saturated carbocycles. The summed E-state index contributed by atoms with van der Waals surface area (Å²) < 4.78 is 41.4. The van der Waals surface area contributed by atoms with Gasteiger partial charge in [-0.05, 0) is 106 Å². The van der Waals surface area contributed by atoms with E-state index < -0.39 is 7.25 Å². The quantitative estimate of drug-likeness (QED) is 0.108. The van der Waals surface area contributed by atoms with E-state index in [1.54, 1.807) is 0 Å². The molecule has 1 aliphatic rings. The summed E-state index contributed by atoms with van der Waals surface area (Å²) in [4.78, 5) is 2.36. The van der Waals surface area contributed by atoms with Crippen LogP contribution in [-0.4, -0.2) is 48.6 Å². The Hall–Kier alpha value is -2.48. The van der Waals surface area contributed by atoms with Gasteiger partial charge in [0.05, 0.1) is 0 Å². The summed E-state index contributed by atoms with van der Waals surface area (Å²) in [6, 6.07) is 16.1. The molecule has 1 aliphatic carbocycles. The number of nitrogens with zero attached hydrogens (tertiary/aromatic N) is 2. The zero-order valence-corrected chi connectivity index (χ0v) is 26.8. The Labute approximate surface area is 262 Å². The molecule has 0 N–H and O–H groups in total. The first-order valence-corrected chi connectivity index (χ1v) is 15.3. The van der Waals surface area contributed by atoms with Crippen molar-refractivity contribution in [3.05, 3.63) is 110 Å². The molecular formula is C32H38BCl3F4N2. The van der Waals surface area contributed by atoms with Crippen molar-refractivity contribution in [1.82, 2.24) is 4.90 Å². The van der Waals surface area contributed by atoms with Gasteiger partial charge in [-0.2, -0.15) is 0 Å². The van der Waals surface area contributed by atoms with E-state index >= 15 is 0 Å². The Morgan fingerprint density at radius 3 is 1.79 bits per heavy atom. The van der Waals surface area contributed by atoms with Crippen LogP contribution in [0.25, 0.3) is 5.70 Å². The fraction of sp³-hybridized carbons (Fsp3) is 0.344. The molecule has 0 unspecified atom stereocenters. The molecule has 0 aliphatic heterocycles. The van der Waals surface area contributed by atoms with Crippen LogP contribution in [0, 0.1) is 0 Å². The molecule has 2 aromatic carbocycles. The standard InChI is InChI=1S/C32H38Cl3N2.BF4/c1-5-36(6-2)30(24-12-18-28(33)19-13-24)22-16-26-10-9-11-27(32(26)35)17-23-31(37(7-3)8-4)25-14-20-29(34)21-15-25;2-1(3,4)5/h12-23H,5-11H2,1-4H3;/q+1;-1. The van der Waals surface area contributed by atoms with Gasteiger partial charge in [-0.15, -0.1) is 0 Å². The van der Waals surface area contributed by atoms with Gasteiger partial charge in [0.2, 0.25) is 5.71 Å². The number of halogens is 7. The Kier molecular flexibility index (Phi) is 15.0. The molecule has 0 fully saturated rings. The van der Waals surface area contributed by atoms with Crippen LogP contribution in [0.1, 0.15) is 58.1 Å². The summed E-state index contributed by atoms with van der Waals surface area (Å²) in [6.45, 7) is 12.5. The van der Waals surface area contributed by atoms with Crippen LogP contribution in [-0.2, 0) is 0 Å². The summed E-state index contributed by atoms with van der Waals surface area (Å²) in [5.74, 6) is 0. The minimum Gasteiger partial charge on any atom is -0.418 e. The lowest BCUT2D eigenvalue weighted by Gasteiger charge is -2.25. The van der Waals surface area contributed by atoms with Crippen molar-refractivity contribution in [2.45, 2.75) is 47.0 Å². The third kappa shape index (κ3) is 11.7. The number of hydrogen-bond acceptors (Lipinski definition) is 1. The van der Waals surface area contributed by atoms with Gasteiger partial charge in [-0.3, -0.25) is 0 Å². The van der Waals surface area contributed by atoms with E-state index in [-0.39, 0.29) is 0 Å². The van der Waals surface area contributed by atoms with Gasteiger partial charge in [0.1, 0.15) is 13.1 Å². The van der Waals surface area contributed by atoms with E-state index in [0.29, 0.717) is 0 Å². The fourth-order valence-electron chi connectivity index (χ4n) is 4.71. The molecule has 0 saturated heterocycles. The first kappa shape index (κ1) is 35.7. The fourth-order valence-corrected chi connectivity index (χ4v) is 5.27. The summed E-state index contributed by atoms with van der Waals surface area (Å²) in [5.41, 5.74) is 7.04. The van der Waals surface area contributed by atoms with Crippen molar-refractivity contribution in [1.29, 1.82) is 0 Å². The van der Waals surface area contributed by atoms with Gasteiger partial charge in [-0.25, -0.2) is 4.58 Å². The second kappa shape index (κ2) is 17.6. The molecule has 0 radical (unpaired) electrons. The average molecular weight is 644 g/mol. The highest BCUT2D eigenvalue weighted by Crippen LogP contribution is 2.34. The van der Waals surface area contributed by atoms with Crippen LogP contribution >= 0.6 is 34.8 Å². The predicted molar refractivity (Wildman–Crippen MR) is 173 cm³/mol. The van der Waals surface area contributed by atoms with Gasteiger partial charge < -0.3 is 22.2 Å². The maximum Gasteiger partial charge on any atom is 0.673 e. The lowest BCUT2D eigenvalue weighted by atomic mass is 9.93. The lowest BCUT2D eigenvalue weighted by Crippen LogP contribution is -2.21. The van der Waals surface area contributed by atoms with Crippen LogP contribution in [0.4, 0.5) is 17.3 Å². The molecule has 2 nitrogen and oxygen atoms in total. The van der Waals surface area contributed by atoms with Crippen LogP contribution in [0.3, 0.4) is 0 Å². The van der Waals surface area contributed by atoms with E-state index in [1.165, 1.54) is 22.6 Å². The van der Waals surface area contributed by atoms with Gasteiger partial charge in [0.15, 0.2) is 0 Å². The van der Waals surface area contributed by atoms with Crippen LogP contribution < -0.4 is 0 Å². The Morgan fingerprint density at radius 2 is 1.31 bits per heavy atom. The largest absolute Gasteiger partial charge is 0.673 e. The second-order valence-corrected chi connectivity index (χ2v) is 10.8. The smallest absolute Gasteiger partial charge is 0.418 e. The maximum atomic E-state index is 9.75. The van der Waals surface area contributed by atoms with Crippen LogP contribution in [0.2, 0.25) is 10.0 Å². The Balaban J connectivity index is 0.00000113. The van der Waals surface area contributed by atoms with Crippen LogP contribution in [0.15, 0.2) is 89.0 Å². The van der Waals surface area contributed by atoms with Gasteiger partial charge in [0.25, 0.3) is 0 Å². The van der Waals surface area contributed by atoms with Gasteiger partial charge in [0, 0.05) is 45.5 Å². The highest BCUT2D eigenvalue weighted by molar-refractivity contribution is 6.50. The minimum absolute atomic E-state index is 0.746. The number of rotatable bonds is 10. The van der Waals surface area contributed by atoms with E-state index in [4.69, 9.17) is 34.8 Å². The van der Waals surface area contributed by atoms with Crippen molar-refractivity contribution < 1.29 is 21.8 Å². The first-order valence-electron chi connectivity index (χ1n) is 14.2. The van der Waals surface area contributed by atoms with E-state index in [9.17, 15) is 17.3 Å². The minimum atomic E-state index is -6.00. The second-order valence-electron chi connectivity index (χ2n) is 9.51. The molecule has 2 aromatic rings. The Morgan fingerprint density at radius 1 is 0.810 bits per heavy atom. The third-order valence-electron chi connectivity index (χ3n) is 6.83. The zero-order chi connectivity index (χ0) is 31.3. The molecule has 0 amide bonds. The highest BCUT2D eigenvalue weighted by Gasteiger charge is 2.20. The summed E-state index contributed by atoms with van der Waals surface area (Å²) in [5, 5.41) is 2.36. The molecular weight excluding hydrogens is 606 g/mol. The lowest BCUT2D eigenvalue weighted by molar-refractivity contribution is -0.519. The van der Waals surface area contributed by atoms with Crippen LogP contribution in [0.5, 0.6) is 0 Å². The SMILES string of the molecule is CCN(CC)/C(=C/C=C1\CCCC(/C=C/C(c2ccc(Cl)cc2)=[N+](CC)CC)=C1Cl)c1ccc(Cl)cc1.F[B-](F)(F)F. The van der Waals surface area contributed by atoms with Crippen molar-refractivity contribution >= 4 is 53.5 Å². The zero-order valence-electron chi connectivity index (χ0n) is 24.5. The van der Waals surface area contributed by atoms with Crippen molar-refractivity contribution in [3.8, 4) is 0 Å². The average Bonchev–Trinajstić information content (AvgIpc) is 2.95. The number of allylic oxidation sites excluding steroid dienone is 7. The topological polar surface area (TPSA) is 6.25 Å². The molecule has 0 aromatic heterocycles. The van der Waals surface area contributed by atoms with E-state index in [1.807, 2.05) is 24.3 Å². The monoisotopic (exact) mass is 642 g/mol. The van der Waals surface area contributed by atoms with Crippen molar-refractivity contribution in [3.63, 3.8) is 0 Å². The number of hydrogen-bond donors (Lipinski definition) is 0.